The number of hydrogen-bond acceptors (Lipinski definition) is 4. The maximum atomic E-state index is 11.6. The van der Waals surface area contributed by atoms with Gasteiger partial charge in [-0.15, -0.1) is 11.8 Å². The second kappa shape index (κ2) is 3.03. The van der Waals surface area contributed by atoms with Crippen LogP contribution in [0.15, 0.2) is 15.6 Å². The first-order chi connectivity index (χ1) is 6.92. The molecule has 1 aromatic heterocycles. The lowest BCUT2D eigenvalue weighted by Gasteiger charge is -2.27. The molecule has 0 fully saturated rings. The Balaban J connectivity index is 2.48. The molecule has 2 heterocycles. The van der Waals surface area contributed by atoms with E-state index >= 15 is 0 Å². The molecule has 15 heavy (non-hydrogen) atoms. The van der Waals surface area contributed by atoms with Crippen molar-refractivity contribution in [2.75, 3.05) is 5.32 Å². The molecule has 0 aliphatic carbocycles. The smallest absolute Gasteiger partial charge is 0.374 e. The van der Waals surface area contributed by atoms with Crippen molar-refractivity contribution in [3.63, 3.8) is 0 Å². The topological polar surface area (TPSA) is 79.5 Å². The fraction of sp³-hybridized carbons (Fsp3) is 0.333. The van der Waals surface area contributed by atoms with Gasteiger partial charge in [0.15, 0.2) is 0 Å². The fourth-order valence-corrected chi connectivity index (χ4v) is 2.31. The van der Waals surface area contributed by atoms with Gasteiger partial charge in [0.1, 0.15) is 12.0 Å². The van der Waals surface area contributed by atoms with Crippen LogP contribution in [0.1, 0.15) is 24.4 Å². The van der Waals surface area contributed by atoms with Crippen LogP contribution in [0.25, 0.3) is 0 Å². The molecular weight excluding hydrogens is 218 g/mol. The van der Waals surface area contributed by atoms with Crippen LogP contribution in [-0.2, 0) is 4.79 Å². The Hall–Kier alpha value is -1.43. The number of anilines is 1. The number of thioether (sulfide) groups is 1. The zero-order chi connectivity index (χ0) is 11.2. The minimum Gasteiger partial charge on any atom is -0.475 e. The normalized spacial score (nSPS) is 18.1. The average molecular weight is 227 g/mol. The first kappa shape index (κ1) is 10.1. The van der Waals surface area contributed by atoms with E-state index in [0.29, 0.717) is 4.90 Å². The quantitative estimate of drug-likeness (QED) is 0.764. The van der Waals surface area contributed by atoms with E-state index in [0.717, 1.165) is 0 Å². The van der Waals surface area contributed by atoms with E-state index in [1.54, 1.807) is 13.8 Å². The number of amides is 1. The van der Waals surface area contributed by atoms with Gasteiger partial charge in [-0.25, -0.2) is 4.79 Å². The van der Waals surface area contributed by atoms with Crippen LogP contribution in [-0.4, -0.2) is 21.7 Å². The number of nitrogens with one attached hydrogen (secondary N) is 1. The highest BCUT2D eigenvalue weighted by Gasteiger charge is 2.38. The summed E-state index contributed by atoms with van der Waals surface area (Å²) < 4.78 is 4.28. The van der Waals surface area contributed by atoms with Crippen molar-refractivity contribution in [2.45, 2.75) is 23.5 Å². The van der Waals surface area contributed by atoms with Crippen molar-refractivity contribution in [2.24, 2.45) is 0 Å². The Morgan fingerprint density at radius 2 is 2.27 bits per heavy atom. The largest absolute Gasteiger partial charge is 0.475 e. The van der Waals surface area contributed by atoms with Crippen LogP contribution in [0.3, 0.4) is 0 Å². The third-order valence-corrected chi connectivity index (χ3v) is 3.32. The monoisotopic (exact) mass is 227 g/mol. The molecule has 1 aromatic rings. The molecule has 2 rings (SSSR count). The van der Waals surface area contributed by atoms with Gasteiger partial charge < -0.3 is 14.8 Å². The highest BCUT2D eigenvalue weighted by atomic mass is 32.2. The molecule has 0 spiro atoms. The Kier molecular flexibility index (Phi) is 2.04. The van der Waals surface area contributed by atoms with Crippen LogP contribution in [0.2, 0.25) is 0 Å². The first-order valence-corrected chi connectivity index (χ1v) is 5.09. The molecule has 0 saturated heterocycles. The Bertz CT molecular complexity index is 449. The summed E-state index contributed by atoms with van der Waals surface area (Å²) in [4.78, 5) is 23.0. The summed E-state index contributed by atoms with van der Waals surface area (Å²) in [5.41, 5.74) is 0.261. The average Bonchev–Trinajstić information content (AvgIpc) is 2.47. The lowest BCUT2D eigenvalue weighted by Crippen LogP contribution is -2.37. The zero-order valence-corrected chi connectivity index (χ0v) is 8.97. The molecule has 0 atom stereocenters. The van der Waals surface area contributed by atoms with Crippen LogP contribution in [0.5, 0.6) is 0 Å². The minimum absolute atomic E-state index is 0.219. The van der Waals surface area contributed by atoms with Gasteiger partial charge in [-0.3, -0.25) is 4.79 Å². The van der Waals surface area contributed by atoms with E-state index in [1.165, 1.54) is 18.0 Å². The van der Waals surface area contributed by atoms with Gasteiger partial charge in [-0.2, -0.15) is 0 Å². The lowest BCUT2D eigenvalue weighted by atomic mass is 10.2. The maximum absolute atomic E-state index is 11.6. The Morgan fingerprint density at radius 1 is 1.60 bits per heavy atom. The summed E-state index contributed by atoms with van der Waals surface area (Å²) >= 11 is 1.29. The van der Waals surface area contributed by atoms with E-state index in [2.05, 4.69) is 5.32 Å². The number of rotatable bonds is 1. The van der Waals surface area contributed by atoms with Gasteiger partial charge in [-0.05, 0) is 13.8 Å². The molecular formula is C9H9NO4S. The Labute approximate surface area is 89.8 Å². The number of fused-ring (bicyclic) bond motifs is 1. The maximum Gasteiger partial charge on any atom is 0.374 e. The highest BCUT2D eigenvalue weighted by Crippen LogP contribution is 2.44. The number of carboxylic acid groups (broad SMARTS) is 1. The Morgan fingerprint density at radius 3 is 2.87 bits per heavy atom. The number of hydrogen-bond donors (Lipinski definition) is 2. The van der Waals surface area contributed by atoms with Crippen LogP contribution in [0.4, 0.5) is 5.69 Å². The second-order valence-corrected chi connectivity index (χ2v) is 5.34. The summed E-state index contributed by atoms with van der Waals surface area (Å²) in [6.07, 6.45) is 1.35. The number of carbonyl (C=O) groups excluding carboxylic acids is 1. The third kappa shape index (κ3) is 1.50. The number of carbonyl (C=O) groups is 2. The van der Waals surface area contributed by atoms with Gasteiger partial charge >= 0.3 is 5.97 Å². The SMILES string of the molecule is CC1(C)Sc2coc(C(=O)O)c2NC1=O. The molecule has 80 valence electrons. The zero-order valence-electron chi connectivity index (χ0n) is 8.16. The van der Waals surface area contributed by atoms with E-state index in [9.17, 15) is 9.59 Å². The number of carboxylic acids is 1. The molecule has 0 saturated carbocycles. The van der Waals surface area contributed by atoms with Crippen LogP contribution in [0, 0.1) is 0 Å². The van der Waals surface area contributed by atoms with Crippen molar-refractivity contribution < 1.29 is 19.1 Å². The summed E-state index contributed by atoms with van der Waals surface area (Å²) in [6.45, 7) is 3.53. The summed E-state index contributed by atoms with van der Waals surface area (Å²) in [7, 11) is 0. The molecule has 1 aliphatic heterocycles. The van der Waals surface area contributed by atoms with Crippen LogP contribution >= 0.6 is 11.8 Å². The van der Waals surface area contributed by atoms with E-state index in [1.807, 2.05) is 0 Å². The van der Waals surface area contributed by atoms with Crippen LogP contribution < -0.4 is 5.32 Å². The molecule has 0 aromatic carbocycles. The van der Waals surface area contributed by atoms with Crippen molar-refractivity contribution >= 4 is 29.3 Å². The highest BCUT2D eigenvalue weighted by molar-refractivity contribution is 8.01. The molecule has 5 nitrogen and oxygen atoms in total. The minimum atomic E-state index is -1.18. The second-order valence-electron chi connectivity index (χ2n) is 3.68. The first-order valence-electron chi connectivity index (χ1n) is 4.27. The predicted octanol–water partition coefficient (Wildman–Crippen LogP) is 1.80. The van der Waals surface area contributed by atoms with Gasteiger partial charge in [0.05, 0.1) is 9.64 Å². The summed E-state index contributed by atoms with van der Waals surface area (Å²) in [5, 5.41) is 11.3. The van der Waals surface area contributed by atoms with Crippen molar-refractivity contribution in [3.05, 3.63) is 12.0 Å². The third-order valence-electron chi connectivity index (χ3n) is 2.10. The van der Waals surface area contributed by atoms with Gasteiger partial charge in [0, 0.05) is 0 Å². The molecule has 0 radical (unpaired) electrons. The standard InChI is InChI=1S/C9H9NO4S/c1-9(2)8(13)10-5-4(15-9)3-14-6(5)7(11)12/h3H,1-2H3,(H,10,13)(H,11,12). The molecule has 1 amide bonds. The van der Waals surface area contributed by atoms with Gasteiger partial charge in [0.2, 0.25) is 11.7 Å². The summed E-state index contributed by atoms with van der Waals surface area (Å²) in [5.74, 6) is -1.62. The lowest BCUT2D eigenvalue weighted by molar-refractivity contribution is -0.117. The molecule has 2 N–H and O–H groups in total. The van der Waals surface area contributed by atoms with Crippen molar-refractivity contribution in [3.8, 4) is 0 Å². The molecule has 0 bridgehead atoms. The van der Waals surface area contributed by atoms with E-state index < -0.39 is 10.7 Å². The van der Waals surface area contributed by atoms with Crippen molar-refractivity contribution in [1.29, 1.82) is 0 Å². The number of aromatic carboxylic acids is 1. The van der Waals surface area contributed by atoms with Gasteiger partial charge in [0.25, 0.3) is 0 Å². The van der Waals surface area contributed by atoms with E-state index in [-0.39, 0.29) is 17.4 Å². The van der Waals surface area contributed by atoms with Gasteiger partial charge in [-0.1, -0.05) is 0 Å². The fourth-order valence-electron chi connectivity index (χ4n) is 1.28. The van der Waals surface area contributed by atoms with Crippen molar-refractivity contribution in [1.82, 2.24) is 0 Å². The number of furan rings is 1. The predicted molar refractivity (Wildman–Crippen MR) is 54.2 cm³/mol. The molecule has 0 unspecified atom stereocenters. The van der Waals surface area contributed by atoms with E-state index in [4.69, 9.17) is 9.52 Å². The molecule has 1 aliphatic rings. The summed E-state index contributed by atoms with van der Waals surface area (Å²) in [6, 6.07) is 0. The molecule has 6 heteroatoms.